The van der Waals surface area contributed by atoms with Crippen LogP contribution in [0, 0.1) is 0 Å². The number of hydrogen-bond acceptors (Lipinski definition) is 5. The van der Waals surface area contributed by atoms with Crippen LogP contribution >= 0.6 is 22.9 Å². The Bertz CT molecular complexity index is 1110. The molecule has 0 saturated carbocycles. The molecule has 0 bridgehead atoms. The van der Waals surface area contributed by atoms with Crippen molar-refractivity contribution < 1.29 is 23.6 Å². The van der Waals surface area contributed by atoms with E-state index in [4.69, 9.17) is 22.1 Å². The zero-order valence-electron chi connectivity index (χ0n) is 21.4. The van der Waals surface area contributed by atoms with Crippen molar-refractivity contribution in [1.82, 2.24) is 0 Å². The summed E-state index contributed by atoms with van der Waals surface area (Å²) in [5.74, 6) is -0.684. The summed E-state index contributed by atoms with van der Waals surface area (Å²) in [5.41, 5.74) is 7.20. The number of nitrogens with two attached hydrogens (primary N) is 1. The first-order valence-electron chi connectivity index (χ1n) is 12.2. The van der Waals surface area contributed by atoms with Gasteiger partial charge < -0.3 is 20.3 Å². The van der Waals surface area contributed by atoms with Crippen molar-refractivity contribution in [2.24, 2.45) is 5.73 Å². The van der Waals surface area contributed by atoms with Crippen LogP contribution in [0.15, 0.2) is 24.3 Å². The average Bonchev–Trinajstić information content (AvgIpc) is 3.10. The molecule has 36 heavy (non-hydrogen) atoms. The minimum absolute atomic E-state index is 0.150. The van der Waals surface area contributed by atoms with Crippen LogP contribution in [0.2, 0.25) is 5.02 Å². The molecule has 196 valence electrons. The number of primary amides is 1. The Labute approximate surface area is 221 Å². The molecule has 0 radical (unpaired) electrons. The van der Waals surface area contributed by atoms with Gasteiger partial charge in [0.15, 0.2) is 0 Å². The topological polar surface area (TPSA) is 111 Å². The molecule has 1 aromatic carbocycles. The fourth-order valence-electron chi connectivity index (χ4n) is 4.38. The Morgan fingerprint density at radius 1 is 1.11 bits per heavy atom. The molecule has 1 aromatic heterocycles. The van der Waals surface area contributed by atoms with Gasteiger partial charge in [-0.3, -0.25) is 14.9 Å². The van der Waals surface area contributed by atoms with E-state index in [1.807, 2.05) is 20.8 Å². The number of esters is 1. The number of anilines is 2. The van der Waals surface area contributed by atoms with Crippen LogP contribution in [0.3, 0.4) is 0 Å². The van der Waals surface area contributed by atoms with E-state index in [0.717, 1.165) is 60.2 Å². The molecule has 1 atom stereocenters. The molecule has 2 aromatic rings. The van der Waals surface area contributed by atoms with Crippen LogP contribution in [0.1, 0.15) is 67.3 Å². The lowest BCUT2D eigenvalue weighted by molar-refractivity contribution is -0.924. The number of ether oxygens (including phenoxy) is 1. The monoisotopic (exact) mass is 535 g/mol. The number of likely N-dealkylation sites (N-methyl/N-ethyl adjacent to an activating group) is 1. The molecule has 0 saturated heterocycles. The Balaban J connectivity index is 1.57. The number of thiophene rings is 1. The van der Waals surface area contributed by atoms with Gasteiger partial charge in [0.25, 0.3) is 5.91 Å². The van der Waals surface area contributed by atoms with Gasteiger partial charge in [0.1, 0.15) is 17.1 Å². The maximum absolute atomic E-state index is 12.6. The minimum Gasteiger partial charge on any atom is -0.460 e. The zero-order valence-corrected chi connectivity index (χ0v) is 23.0. The summed E-state index contributed by atoms with van der Waals surface area (Å²) in [7, 11) is 2.21. The van der Waals surface area contributed by atoms with Crippen LogP contribution < -0.4 is 16.4 Å². The molecule has 1 aliphatic rings. The number of urea groups is 1. The van der Waals surface area contributed by atoms with Crippen LogP contribution in [-0.4, -0.2) is 48.1 Å². The SMILES string of the molecule is CC(C)(C)OC(=O)CCCCC[N+]1(C)CCc2c(sc(NC(=O)Nc3ccc(Cl)cc3)c2C(N)=O)C1. The summed E-state index contributed by atoms with van der Waals surface area (Å²) in [6.07, 6.45) is 3.91. The Kier molecular flexibility index (Phi) is 9.03. The number of quaternary nitrogens is 1. The summed E-state index contributed by atoms with van der Waals surface area (Å²) in [6.45, 7) is 8.25. The standard InChI is InChI=1S/C26H35ClN4O4S/c1-26(2,3)35-21(32)8-6-5-7-14-31(4)15-13-19-20(16-31)36-24(22(19)23(28)33)30-25(34)29-18-11-9-17(27)10-12-18/h9-12H,5-8,13-16H2,1-4H3,(H3-,28,29,30,33,34)/p+1. The summed E-state index contributed by atoms with van der Waals surface area (Å²) in [6, 6.07) is 6.33. The van der Waals surface area contributed by atoms with E-state index in [1.54, 1.807) is 24.3 Å². The van der Waals surface area contributed by atoms with E-state index < -0.39 is 17.5 Å². The van der Waals surface area contributed by atoms with Crippen molar-refractivity contribution in [3.63, 3.8) is 0 Å². The molecule has 8 nitrogen and oxygen atoms in total. The van der Waals surface area contributed by atoms with Gasteiger partial charge >= 0.3 is 12.0 Å². The number of unbranched alkanes of at least 4 members (excludes halogenated alkanes) is 2. The first kappa shape index (κ1) is 28.0. The van der Waals surface area contributed by atoms with E-state index in [0.29, 0.717) is 27.7 Å². The first-order chi connectivity index (χ1) is 16.8. The van der Waals surface area contributed by atoms with Gasteiger partial charge in [-0.15, -0.1) is 11.3 Å². The predicted molar refractivity (Wildman–Crippen MR) is 145 cm³/mol. The normalized spacial score (nSPS) is 17.2. The number of nitrogens with zero attached hydrogens (tertiary/aromatic N) is 1. The van der Waals surface area contributed by atoms with E-state index in [9.17, 15) is 14.4 Å². The maximum Gasteiger partial charge on any atom is 0.324 e. The van der Waals surface area contributed by atoms with Crippen molar-refractivity contribution in [1.29, 1.82) is 0 Å². The van der Waals surface area contributed by atoms with Gasteiger partial charge in [0, 0.05) is 23.6 Å². The van der Waals surface area contributed by atoms with Crippen molar-refractivity contribution in [3.05, 3.63) is 45.3 Å². The Morgan fingerprint density at radius 2 is 1.81 bits per heavy atom. The lowest BCUT2D eigenvalue weighted by Crippen LogP contribution is -2.48. The van der Waals surface area contributed by atoms with E-state index in [1.165, 1.54) is 11.3 Å². The van der Waals surface area contributed by atoms with Gasteiger partial charge in [-0.1, -0.05) is 11.6 Å². The second-order valence-electron chi connectivity index (χ2n) is 10.5. The van der Waals surface area contributed by atoms with Crippen LogP contribution in [0.4, 0.5) is 15.5 Å². The number of nitrogens with one attached hydrogen (secondary N) is 2. The van der Waals surface area contributed by atoms with Crippen molar-refractivity contribution >= 4 is 51.5 Å². The van der Waals surface area contributed by atoms with Gasteiger partial charge in [-0.25, -0.2) is 4.79 Å². The molecule has 3 amide bonds. The third-order valence-electron chi connectivity index (χ3n) is 6.09. The molecule has 2 heterocycles. The quantitative estimate of drug-likeness (QED) is 0.222. The Hall–Kier alpha value is -2.62. The van der Waals surface area contributed by atoms with Gasteiger partial charge in [0.2, 0.25) is 0 Å². The number of hydrogen-bond donors (Lipinski definition) is 3. The van der Waals surface area contributed by atoms with Crippen LogP contribution in [0.25, 0.3) is 0 Å². The highest BCUT2D eigenvalue weighted by molar-refractivity contribution is 7.17. The summed E-state index contributed by atoms with van der Waals surface area (Å²) >= 11 is 7.31. The second-order valence-corrected chi connectivity index (χ2v) is 12.1. The molecule has 0 fully saturated rings. The number of benzene rings is 1. The lowest BCUT2D eigenvalue weighted by atomic mass is 10.00. The average molecular weight is 536 g/mol. The van der Waals surface area contributed by atoms with Gasteiger partial charge in [-0.05, 0) is 69.9 Å². The molecule has 1 aliphatic heterocycles. The number of carbonyl (C=O) groups excluding carboxylic acids is 3. The van der Waals surface area contributed by atoms with Crippen molar-refractivity contribution in [2.75, 3.05) is 30.8 Å². The highest BCUT2D eigenvalue weighted by Crippen LogP contribution is 2.39. The van der Waals surface area contributed by atoms with E-state index >= 15 is 0 Å². The number of halogens is 1. The smallest absolute Gasteiger partial charge is 0.324 e. The third kappa shape index (κ3) is 7.94. The fourth-order valence-corrected chi connectivity index (χ4v) is 5.93. The number of amides is 3. The first-order valence-corrected chi connectivity index (χ1v) is 13.4. The molecule has 0 aliphatic carbocycles. The molecule has 0 spiro atoms. The third-order valence-corrected chi connectivity index (χ3v) is 7.48. The highest BCUT2D eigenvalue weighted by atomic mass is 35.5. The molecule has 3 rings (SSSR count). The molecule has 1 unspecified atom stereocenters. The van der Waals surface area contributed by atoms with Crippen molar-refractivity contribution in [3.8, 4) is 0 Å². The summed E-state index contributed by atoms with van der Waals surface area (Å²) in [5, 5.41) is 6.61. The van der Waals surface area contributed by atoms with Crippen LogP contribution in [0.5, 0.6) is 0 Å². The second kappa shape index (κ2) is 11.6. The predicted octanol–water partition coefficient (Wildman–Crippen LogP) is 5.55. The number of rotatable bonds is 9. The zero-order chi connectivity index (χ0) is 26.5. The molecule has 10 heteroatoms. The van der Waals surface area contributed by atoms with Gasteiger partial charge in [-0.2, -0.15) is 0 Å². The molecular weight excluding hydrogens is 500 g/mol. The van der Waals surface area contributed by atoms with Crippen molar-refractivity contribution in [2.45, 2.75) is 65.0 Å². The summed E-state index contributed by atoms with van der Waals surface area (Å²) < 4.78 is 6.21. The largest absolute Gasteiger partial charge is 0.460 e. The highest BCUT2D eigenvalue weighted by Gasteiger charge is 2.34. The Morgan fingerprint density at radius 3 is 2.44 bits per heavy atom. The molecule has 4 N–H and O–H groups in total. The number of carbonyl (C=O) groups is 3. The molecular formula is C26H36ClN4O4S+. The van der Waals surface area contributed by atoms with E-state index in [2.05, 4.69) is 17.7 Å². The minimum atomic E-state index is -0.535. The lowest BCUT2D eigenvalue weighted by Gasteiger charge is -2.37. The maximum atomic E-state index is 12.6. The van der Waals surface area contributed by atoms with Gasteiger partial charge in [0.05, 0.1) is 30.6 Å². The van der Waals surface area contributed by atoms with Crippen LogP contribution in [-0.2, 0) is 22.5 Å². The van der Waals surface area contributed by atoms with E-state index in [-0.39, 0.29) is 5.97 Å². The fraction of sp³-hybridized carbons (Fsp3) is 0.500. The number of fused-ring (bicyclic) bond motifs is 1. The summed E-state index contributed by atoms with van der Waals surface area (Å²) in [4.78, 5) is 37.8.